The normalized spacial score (nSPS) is 28.4. The van der Waals surface area contributed by atoms with Crippen LogP contribution in [0.2, 0.25) is 0 Å². The van der Waals surface area contributed by atoms with Crippen molar-refractivity contribution in [3.63, 3.8) is 0 Å². The van der Waals surface area contributed by atoms with Gasteiger partial charge in [-0.1, -0.05) is 51.4 Å². The molecule has 0 spiro atoms. The fourth-order valence-electron chi connectivity index (χ4n) is 2.92. The van der Waals surface area contributed by atoms with Crippen molar-refractivity contribution in [2.24, 2.45) is 0 Å². The second-order valence-corrected chi connectivity index (χ2v) is 6.12. The molecular weight excluding hydrogens is 252 g/mol. The zero-order valence-corrected chi connectivity index (χ0v) is 13.5. The van der Waals surface area contributed by atoms with Crippen LogP contribution in [0.3, 0.4) is 0 Å². The fraction of sp³-hybridized carbons (Fsp3) is 1.00. The minimum absolute atomic E-state index is 0.00937. The molecule has 3 nitrogen and oxygen atoms in total. The molecule has 3 heteroatoms. The Balaban J connectivity index is 2.39. The van der Waals surface area contributed by atoms with Crippen molar-refractivity contribution in [1.82, 2.24) is 0 Å². The van der Waals surface area contributed by atoms with E-state index in [0.717, 1.165) is 25.9 Å². The van der Waals surface area contributed by atoms with Crippen LogP contribution in [0.5, 0.6) is 0 Å². The van der Waals surface area contributed by atoms with Gasteiger partial charge in [0.2, 0.25) is 0 Å². The van der Waals surface area contributed by atoms with Gasteiger partial charge in [-0.2, -0.15) is 0 Å². The maximum Gasteiger partial charge on any atom is 0.0838 e. The number of rotatable bonds is 5. The summed E-state index contributed by atoms with van der Waals surface area (Å²) in [5.41, 5.74) is 0. The minimum Gasteiger partial charge on any atom is -0.390 e. The predicted octanol–water partition coefficient (Wildman–Crippen LogP) is 4.07. The van der Waals surface area contributed by atoms with Gasteiger partial charge in [-0.3, -0.25) is 0 Å². The molecule has 0 heterocycles. The van der Waals surface area contributed by atoms with Crippen molar-refractivity contribution in [2.45, 2.75) is 96.4 Å². The first kappa shape index (κ1) is 17.9. The average molecular weight is 286 g/mol. The van der Waals surface area contributed by atoms with Crippen molar-refractivity contribution in [1.29, 1.82) is 0 Å². The zero-order valence-electron chi connectivity index (χ0n) is 13.5. The third-order valence-electron chi connectivity index (χ3n) is 4.13. The summed E-state index contributed by atoms with van der Waals surface area (Å²) >= 11 is 0. The molecule has 1 fully saturated rings. The Morgan fingerprint density at radius 3 is 2.10 bits per heavy atom. The lowest BCUT2D eigenvalue weighted by Crippen LogP contribution is -2.34. The van der Waals surface area contributed by atoms with Crippen LogP contribution in [0.1, 0.15) is 78.1 Å². The molecule has 1 saturated carbocycles. The van der Waals surface area contributed by atoms with E-state index in [1.165, 1.54) is 44.9 Å². The van der Waals surface area contributed by atoms with Gasteiger partial charge in [0.25, 0.3) is 0 Å². The van der Waals surface area contributed by atoms with Crippen LogP contribution in [0.15, 0.2) is 0 Å². The van der Waals surface area contributed by atoms with E-state index in [4.69, 9.17) is 9.47 Å². The smallest absolute Gasteiger partial charge is 0.0838 e. The molecule has 0 aromatic carbocycles. The lowest BCUT2D eigenvalue weighted by Gasteiger charge is -2.27. The van der Waals surface area contributed by atoms with Crippen LogP contribution < -0.4 is 0 Å². The van der Waals surface area contributed by atoms with Crippen molar-refractivity contribution in [3.05, 3.63) is 0 Å². The molecule has 20 heavy (non-hydrogen) atoms. The molecule has 1 N–H and O–H groups in total. The van der Waals surface area contributed by atoms with Crippen molar-refractivity contribution in [3.8, 4) is 0 Å². The van der Waals surface area contributed by atoms with Gasteiger partial charge in [-0.05, 0) is 26.7 Å². The van der Waals surface area contributed by atoms with Crippen molar-refractivity contribution >= 4 is 0 Å². The lowest BCUT2D eigenvalue weighted by molar-refractivity contribution is -0.0991. The van der Waals surface area contributed by atoms with Crippen molar-refractivity contribution in [2.75, 3.05) is 13.2 Å². The van der Waals surface area contributed by atoms with Crippen molar-refractivity contribution < 1.29 is 14.6 Å². The third kappa shape index (κ3) is 8.23. The van der Waals surface area contributed by atoms with Crippen LogP contribution >= 0.6 is 0 Å². The molecule has 0 aliphatic heterocycles. The second-order valence-electron chi connectivity index (χ2n) is 6.12. The van der Waals surface area contributed by atoms with Gasteiger partial charge in [0, 0.05) is 6.61 Å². The molecule has 1 aliphatic carbocycles. The van der Waals surface area contributed by atoms with Gasteiger partial charge in [0.05, 0.1) is 24.9 Å². The Morgan fingerprint density at radius 2 is 1.50 bits per heavy atom. The Morgan fingerprint density at radius 1 is 0.950 bits per heavy atom. The molecular formula is C17H34O3. The first-order valence-corrected chi connectivity index (χ1v) is 8.65. The first-order valence-electron chi connectivity index (χ1n) is 8.65. The lowest BCUT2D eigenvalue weighted by atomic mass is 9.97. The topological polar surface area (TPSA) is 38.7 Å². The highest BCUT2D eigenvalue weighted by Gasteiger charge is 2.22. The maximum atomic E-state index is 10.4. The van der Waals surface area contributed by atoms with E-state index in [1.54, 1.807) is 0 Å². The number of aliphatic hydroxyl groups excluding tert-OH is 1. The summed E-state index contributed by atoms with van der Waals surface area (Å²) in [7, 11) is 0. The Hall–Kier alpha value is -0.120. The quantitative estimate of drug-likeness (QED) is 0.828. The molecule has 0 aromatic rings. The van der Waals surface area contributed by atoms with Crippen LogP contribution in [0.25, 0.3) is 0 Å². The van der Waals surface area contributed by atoms with Gasteiger partial charge < -0.3 is 14.6 Å². The highest BCUT2D eigenvalue weighted by molar-refractivity contribution is 4.72. The van der Waals surface area contributed by atoms with E-state index in [2.05, 4.69) is 0 Å². The van der Waals surface area contributed by atoms with Crippen LogP contribution in [-0.4, -0.2) is 36.6 Å². The highest BCUT2D eigenvalue weighted by Crippen LogP contribution is 2.20. The molecule has 120 valence electrons. The number of hydrogen-bond acceptors (Lipinski definition) is 3. The van der Waals surface area contributed by atoms with E-state index < -0.39 is 0 Å². The number of aliphatic hydroxyl groups is 1. The highest BCUT2D eigenvalue weighted by atomic mass is 16.5. The van der Waals surface area contributed by atoms with Gasteiger partial charge >= 0.3 is 0 Å². The van der Waals surface area contributed by atoms with Gasteiger partial charge in [-0.15, -0.1) is 0 Å². The monoisotopic (exact) mass is 286 g/mol. The van der Waals surface area contributed by atoms with E-state index in [1.807, 2.05) is 13.8 Å². The number of ether oxygens (including phenoxy) is 2. The van der Waals surface area contributed by atoms with E-state index in [9.17, 15) is 5.11 Å². The SMILES string of the molecule is CCOCC(C)OC1CCCCCCCCCCC1O. The van der Waals surface area contributed by atoms with Gasteiger partial charge in [0.15, 0.2) is 0 Å². The van der Waals surface area contributed by atoms with Crippen LogP contribution in [0, 0.1) is 0 Å². The Labute approximate surface area is 125 Å². The molecule has 1 aliphatic rings. The second kappa shape index (κ2) is 11.5. The molecule has 0 aromatic heterocycles. The molecule has 0 saturated heterocycles. The standard InChI is InChI=1S/C17H34O3/c1-3-19-14-15(2)20-17-13-11-9-7-5-4-6-8-10-12-16(17)18/h15-18H,3-14H2,1-2H3. The summed E-state index contributed by atoms with van der Waals surface area (Å²) in [4.78, 5) is 0. The first-order chi connectivity index (χ1) is 9.74. The molecule has 0 bridgehead atoms. The summed E-state index contributed by atoms with van der Waals surface area (Å²) in [6, 6.07) is 0. The largest absolute Gasteiger partial charge is 0.390 e. The predicted molar refractivity (Wildman–Crippen MR) is 83.0 cm³/mol. The number of hydrogen-bond donors (Lipinski definition) is 1. The van der Waals surface area contributed by atoms with E-state index >= 15 is 0 Å². The molecule has 3 atom stereocenters. The third-order valence-corrected chi connectivity index (χ3v) is 4.13. The summed E-state index contributed by atoms with van der Waals surface area (Å²) in [6.45, 7) is 5.39. The summed E-state index contributed by atoms with van der Waals surface area (Å²) in [5, 5.41) is 10.4. The molecule has 0 radical (unpaired) electrons. The van der Waals surface area contributed by atoms with E-state index in [-0.39, 0.29) is 18.3 Å². The Bertz CT molecular complexity index is 220. The average Bonchev–Trinajstić information content (AvgIpc) is 2.43. The maximum absolute atomic E-state index is 10.4. The molecule has 0 amide bonds. The zero-order chi connectivity index (χ0) is 14.6. The van der Waals surface area contributed by atoms with Crippen LogP contribution in [-0.2, 0) is 9.47 Å². The summed E-state index contributed by atoms with van der Waals surface area (Å²) in [6.07, 6.45) is 11.8. The Kier molecular flexibility index (Phi) is 10.3. The molecule has 1 rings (SSSR count). The molecule has 3 unspecified atom stereocenters. The summed E-state index contributed by atoms with van der Waals surface area (Å²) < 4.78 is 11.4. The summed E-state index contributed by atoms with van der Waals surface area (Å²) in [5.74, 6) is 0. The van der Waals surface area contributed by atoms with Crippen LogP contribution in [0.4, 0.5) is 0 Å². The van der Waals surface area contributed by atoms with E-state index in [0.29, 0.717) is 6.61 Å². The van der Waals surface area contributed by atoms with Gasteiger partial charge in [0.1, 0.15) is 0 Å². The minimum atomic E-state index is -0.307. The fourth-order valence-corrected chi connectivity index (χ4v) is 2.92. The van der Waals surface area contributed by atoms with Gasteiger partial charge in [-0.25, -0.2) is 0 Å².